The minimum Gasteiger partial charge on any atom is -0.390 e. The zero-order chi connectivity index (χ0) is 26.6. The summed E-state index contributed by atoms with van der Waals surface area (Å²) >= 11 is 0. The van der Waals surface area contributed by atoms with E-state index in [0.717, 1.165) is 0 Å². The van der Waals surface area contributed by atoms with Crippen LogP contribution in [0.2, 0.25) is 0 Å². The van der Waals surface area contributed by atoms with Crippen LogP contribution in [-0.4, -0.2) is 69.6 Å². The molecule has 1 fully saturated rings. The van der Waals surface area contributed by atoms with Crippen molar-refractivity contribution in [2.24, 2.45) is 0 Å². The first-order valence-corrected chi connectivity index (χ1v) is 13.8. The number of phosphoric ester groups is 2. The van der Waals surface area contributed by atoms with Gasteiger partial charge in [-0.3, -0.25) is 13.6 Å². The Labute approximate surface area is 209 Å². The van der Waals surface area contributed by atoms with Crippen molar-refractivity contribution >= 4 is 32.6 Å². The monoisotopic (exact) mass is 555 g/mol. The van der Waals surface area contributed by atoms with Gasteiger partial charge in [0.2, 0.25) is 0 Å². The third-order valence-corrected chi connectivity index (χ3v) is 6.20. The third-order valence-electron chi connectivity index (χ3n) is 5.25. The average Bonchev–Trinajstić information content (AvgIpc) is 3.42. The number of hydrogen-bond donors (Lipinski definition) is 6. The summed E-state index contributed by atoms with van der Waals surface area (Å²) in [6.07, 6.45) is 0.240. The van der Waals surface area contributed by atoms with Crippen molar-refractivity contribution < 1.29 is 47.6 Å². The smallest absolute Gasteiger partial charge is 0.390 e. The Morgan fingerprint density at radius 1 is 1.11 bits per heavy atom. The van der Waals surface area contributed by atoms with E-state index in [1.807, 2.05) is 0 Å². The minimum atomic E-state index is -4.70. The topological polar surface area (TPSA) is 219 Å². The van der Waals surface area contributed by atoms with E-state index in [1.165, 1.54) is 12.7 Å². The van der Waals surface area contributed by atoms with Crippen LogP contribution in [0.3, 0.4) is 0 Å². The van der Waals surface area contributed by atoms with E-state index in [9.17, 15) is 14.2 Å². The maximum Gasteiger partial charge on any atom is 0.469 e. The molecule has 0 radical (unpaired) electrons. The first-order chi connectivity index (χ1) is 17.5. The molecule has 4 rings (SSSR count). The number of nitrogens with zero attached hydrogens (tertiary/aromatic N) is 4. The zero-order valence-electron chi connectivity index (χ0n) is 19.0. The highest BCUT2D eigenvalue weighted by molar-refractivity contribution is 7.46. The Morgan fingerprint density at radius 3 is 2.62 bits per heavy atom. The molecule has 0 amide bonds. The summed E-state index contributed by atoms with van der Waals surface area (Å²) in [5.74, 6) is 6.22. The molecule has 0 unspecified atom stereocenters. The standard InChI is InChI=1S/C20H23N5O10P2/c26-15-8-17(35-16(15)10-34-37(30,31)32)25-12-24-18-19(22-11-23-20(18)25)21-7-3-6-13-4-1-2-5-14(13)9-33-36(27,28)29/h1-2,4-5,11-12,15-17,26H,7-10H2,(H,21,22,23)(H2,27,28,29)(H2,30,31,32)/t15-,16+,17+/m0/s1. The van der Waals surface area contributed by atoms with Gasteiger partial charge in [0, 0.05) is 12.0 Å². The van der Waals surface area contributed by atoms with Crippen molar-refractivity contribution in [2.45, 2.75) is 31.5 Å². The Kier molecular flexibility index (Phi) is 8.37. The summed E-state index contributed by atoms with van der Waals surface area (Å²) in [6.45, 7) is -0.618. The maximum atomic E-state index is 11.0. The summed E-state index contributed by atoms with van der Waals surface area (Å²) in [7, 11) is -9.32. The number of aliphatic hydroxyl groups is 1. The summed E-state index contributed by atoms with van der Waals surface area (Å²) in [6, 6.07) is 6.79. The first-order valence-electron chi connectivity index (χ1n) is 10.7. The fraction of sp³-hybridized carbons (Fsp3) is 0.350. The van der Waals surface area contributed by atoms with Crippen molar-refractivity contribution in [3.05, 3.63) is 48.0 Å². The lowest BCUT2D eigenvalue weighted by atomic mass is 10.1. The molecule has 0 aliphatic carbocycles. The molecule has 0 saturated carbocycles. The van der Waals surface area contributed by atoms with Crippen molar-refractivity contribution in [3.63, 3.8) is 0 Å². The molecule has 1 aliphatic heterocycles. The Hall–Kier alpha value is -2.73. The van der Waals surface area contributed by atoms with Gasteiger partial charge in [0.1, 0.15) is 18.7 Å². The van der Waals surface area contributed by atoms with Crippen LogP contribution in [0.25, 0.3) is 11.2 Å². The van der Waals surface area contributed by atoms with Crippen LogP contribution in [-0.2, 0) is 29.5 Å². The van der Waals surface area contributed by atoms with Gasteiger partial charge in [-0.05, 0) is 11.6 Å². The molecule has 3 aromatic rings. The number of fused-ring (bicyclic) bond motifs is 1. The van der Waals surface area contributed by atoms with E-state index >= 15 is 0 Å². The summed E-state index contributed by atoms with van der Waals surface area (Å²) < 4.78 is 38.2. The molecule has 1 saturated heterocycles. The molecule has 1 aromatic carbocycles. The van der Waals surface area contributed by atoms with Crippen molar-refractivity contribution in [2.75, 3.05) is 18.5 Å². The van der Waals surface area contributed by atoms with E-state index in [2.05, 4.69) is 41.2 Å². The van der Waals surface area contributed by atoms with E-state index in [1.54, 1.807) is 28.8 Å². The molecule has 17 heteroatoms. The van der Waals surface area contributed by atoms with Crippen LogP contribution in [0.1, 0.15) is 23.8 Å². The summed E-state index contributed by atoms with van der Waals surface area (Å²) in [5, 5.41) is 13.3. The molecular formula is C20H23N5O10P2. The second-order valence-electron chi connectivity index (χ2n) is 7.84. The largest absolute Gasteiger partial charge is 0.469 e. The molecule has 0 bridgehead atoms. The fourth-order valence-electron chi connectivity index (χ4n) is 3.59. The number of benzene rings is 1. The summed E-state index contributed by atoms with van der Waals surface area (Å²) in [5.41, 5.74) is 1.88. The van der Waals surface area contributed by atoms with Gasteiger partial charge in [-0.2, -0.15) is 0 Å². The number of nitrogens with one attached hydrogen (secondary N) is 1. The van der Waals surface area contributed by atoms with Crippen LogP contribution >= 0.6 is 15.6 Å². The number of hydrogen-bond acceptors (Lipinski definition) is 10. The highest BCUT2D eigenvalue weighted by Gasteiger charge is 2.37. The van der Waals surface area contributed by atoms with Gasteiger partial charge in [-0.1, -0.05) is 30.0 Å². The number of imidazole rings is 1. The molecule has 6 N–H and O–H groups in total. The molecule has 3 atom stereocenters. The van der Waals surface area contributed by atoms with Gasteiger partial charge in [-0.25, -0.2) is 24.1 Å². The van der Waals surface area contributed by atoms with Crippen molar-refractivity contribution in [3.8, 4) is 11.8 Å². The van der Waals surface area contributed by atoms with Gasteiger partial charge in [0.05, 0.1) is 32.2 Å². The average molecular weight is 555 g/mol. The number of aliphatic hydroxyl groups excluding tert-OH is 1. The van der Waals surface area contributed by atoms with E-state index < -0.39 is 40.7 Å². The predicted octanol–water partition coefficient (Wildman–Crippen LogP) is 0.657. The molecule has 2 aromatic heterocycles. The Morgan fingerprint density at radius 2 is 1.86 bits per heavy atom. The van der Waals surface area contributed by atoms with E-state index in [4.69, 9.17) is 24.3 Å². The maximum absolute atomic E-state index is 11.0. The normalized spacial score (nSPS) is 20.1. The highest BCUT2D eigenvalue weighted by atomic mass is 31.2. The molecule has 37 heavy (non-hydrogen) atoms. The van der Waals surface area contributed by atoms with E-state index in [-0.39, 0.29) is 19.6 Å². The number of rotatable bonds is 9. The Bertz CT molecular complexity index is 1410. The van der Waals surface area contributed by atoms with Crippen LogP contribution in [0.5, 0.6) is 0 Å². The molecule has 3 heterocycles. The number of ether oxygens (including phenoxy) is 1. The van der Waals surface area contributed by atoms with Crippen molar-refractivity contribution in [1.82, 2.24) is 19.5 Å². The molecule has 0 spiro atoms. The first kappa shape index (κ1) is 27.3. The number of phosphoric acid groups is 2. The second-order valence-corrected chi connectivity index (χ2v) is 10.3. The fourth-order valence-corrected chi connectivity index (χ4v) is 4.24. The van der Waals surface area contributed by atoms with Crippen LogP contribution in [0.4, 0.5) is 5.82 Å². The quantitative estimate of drug-likeness (QED) is 0.158. The van der Waals surface area contributed by atoms with Crippen LogP contribution in [0, 0.1) is 11.8 Å². The van der Waals surface area contributed by atoms with Gasteiger partial charge < -0.3 is 34.7 Å². The second kappa shape index (κ2) is 11.3. The predicted molar refractivity (Wildman–Crippen MR) is 126 cm³/mol. The number of aromatic nitrogens is 4. The van der Waals surface area contributed by atoms with Gasteiger partial charge >= 0.3 is 15.6 Å². The lowest BCUT2D eigenvalue weighted by molar-refractivity contribution is -0.0424. The molecule has 15 nitrogen and oxygen atoms in total. The van der Waals surface area contributed by atoms with Crippen molar-refractivity contribution in [1.29, 1.82) is 0 Å². The van der Waals surface area contributed by atoms with Gasteiger partial charge in [0.15, 0.2) is 17.0 Å². The number of anilines is 1. The summed E-state index contributed by atoms with van der Waals surface area (Å²) in [4.78, 5) is 48.3. The zero-order valence-corrected chi connectivity index (χ0v) is 20.8. The molecule has 198 valence electrons. The third kappa shape index (κ3) is 7.41. The molecule has 1 aliphatic rings. The molecular weight excluding hydrogens is 532 g/mol. The van der Waals surface area contributed by atoms with E-state index in [0.29, 0.717) is 28.1 Å². The van der Waals surface area contributed by atoms with Crippen LogP contribution in [0.15, 0.2) is 36.9 Å². The lowest BCUT2D eigenvalue weighted by Crippen LogP contribution is -2.25. The minimum absolute atomic E-state index is 0.129. The van der Waals surface area contributed by atoms with Crippen LogP contribution < -0.4 is 5.32 Å². The Balaban J connectivity index is 1.43. The SMILES string of the molecule is O=P(O)(O)OCc1ccccc1C#CCNc1ncnc2c1ncn2[C@H]1C[C@H](O)[C@@H](COP(=O)(O)O)O1. The van der Waals surface area contributed by atoms with Gasteiger partial charge in [-0.15, -0.1) is 0 Å². The lowest BCUT2D eigenvalue weighted by Gasteiger charge is -2.16. The van der Waals surface area contributed by atoms with Gasteiger partial charge in [0.25, 0.3) is 0 Å². The highest BCUT2D eigenvalue weighted by Crippen LogP contribution is 2.39.